The summed E-state index contributed by atoms with van der Waals surface area (Å²) in [6.45, 7) is 0. The molecule has 0 bridgehead atoms. The molecule has 0 aliphatic carbocycles. The largest absolute Gasteiger partial charge is 0.506 e. The number of hydrogen-bond acceptors (Lipinski definition) is 12. The second-order valence-electron chi connectivity index (χ2n) is 9.38. The molecule has 0 saturated carbocycles. The van der Waals surface area contributed by atoms with Crippen LogP contribution < -0.4 is 10.6 Å². The van der Waals surface area contributed by atoms with Crippen molar-refractivity contribution in [3.8, 4) is 5.75 Å². The van der Waals surface area contributed by atoms with Crippen LogP contribution in [0, 0.1) is 0 Å². The summed E-state index contributed by atoms with van der Waals surface area (Å²) in [6.07, 6.45) is 2.31. The number of nitrogens with one attached hydrogen (secondary N) is 2. The first-order valence-corrected chi connectivity index (χ1v) is 15.1. The summed E-state index contributed by atoms with van der Waals surface area (Å²) in [5.41, 5.74) is 0.284. The van der Waals surface area contributed by atoms with E-state index >= 15 is 0 Å². The second-order valence-corrected chi connectivity index (χ2v) is 11.8. The average Bonchev–Trinajstić information content (AvgIpc) is 3.69. The van der Waals surface area contributed by atoms with Crippen LogP contribution in [-0.2, 0) is 21.4 Å². The molecule has 3 aromatic rings. The minimum atomic E-state index is -1.66. The van der Waals surface area contributed by atoms with Gasteiger partial charge >= 0.3 is 12.0 Å². The summed E-state index contributed by atoms with van der Waals surface area (Å²) in [4.78, 5) is 67.7. The zero-order valence-corrected chi connectivity index (χ0v) is 25.2. The number of hydrogen-bond donors (Lipinski definition) is 4. The van der Waals surface area contributed by atoms with Crippen molar-refractivity contribution in [2.75, 3.05) is 18.6 Å². The number of rotatable bonds is 9. The molecule has 1 saturated heterocycles. The number of imide groups is 1. The summed E-state index contributed by atoms with van der Waals surface area (Å²) in [6, 6.07) is 1.22. The number of urea groups is 1. The van der Waals surface area contributed by atoms with E-state index in [4.69, 9.17) is 16.0 Å². The Kier molecular flexibility index (Phi) is 8.84. The highest BCUT2D eigenvalue weighted by atomic mass is 35.5. The number of halogens is 1. The van der Waals surface area contributed by atoms with Gasteiger partial charge in [0.15, 0.2) is 0 Å². The van der Waals surface area contributed by atoms with Gasteiger partial charge in [-0.25, -0.2) is 19.2 Å². The molecule has 0 radical (unpaired) electrons. The lowest BCUT2D eigenvalue weighted by Gasteiger charge is -2.49. The molecule has 4 heterocycles. The monoisotopic (exact) mass is 662 g/mol. The summed E-state index contributed by atoms with van der Waals surface area (Å²) in [5.74, 6) is -3.68. The molecule has 230 valence electrons. The number of furan rings is 1. The molecule has 2 aliphatic rings. The molecule has 4 N–H and O–H groups in total. The first-order chi connectivity index (χ1) is 21.0. The van der Waals surface area contributed by atoms with Gasteiger partial charge in [0.2, 0.25) is 11.1 Å². The first kappa shape index (κ1) is 30.9. The van der Waals surface area contributed by atoms with Crippen molar-refractivity contribution in [2.24, 2.45) is 7.05 Å². The van der Waals surface area contributed by atoms with Gasteiger partial charge in [0.1, 0.15) is 35.2 Å². The molecule has 1 fully saturated rings. The Morgan fingerprint density at radius 3 is 2.68 bits per heavy atom. The van der Waals surface area contributed by atoms with Crippen LogP contribution in [0.25, 0.3) is 0 Å². The van der Waals surface area contributed by atoms with Gasteiger partial charge < -0.3 is 25.3 Å². The number of aromatic nitrogens is 4. The number of amides is 5. The van der Waals surface area contributed by atoms with E-state index in [1.807, 2.05) is 0 Å². The van der Waals surface area contributed by atoms with E-state index in [2.05, 4.69) is 26.2 Å². The van der Waals surface area contributed by atoms with Crippen molar-refractivity contribution in [3.05, 3.63) is 64.2 Å². The zero-order chi connectivity index (χ0) is 31.7. The fourth-order valence-corrected chi connectivity index (χ4v) is 7.13. The predicted molar refractivity (Wildman–Crippen MR) is 154 cm³/mol. The van der Waals surface area contributed by atoms with E-state index in [9.17, 15) is 34.2 Å². The minimum absolute atomic E-state index is 0.0382. The number of benzene rings is 1. The Bertz CT molecular complexity index is 1680. The number of phenols is 1. The van der Waals surface area contributed by atoms with Gasteiger partial charge in [0.05, 0.1) is 16.8 Å². The van der Waals surface area contributed by atoms with Gasteiger partial charge in [0, 0.05) is 25.6 Å². The van der Waals surface area contributed by atoms with Gasteiger partial charge in [-0.2, -0.15) is 0 Å². The molecular weight excluding hydrogens is 640 g/mol. The minimum Gasteiger partial charge on any atom is -0.506 e. The van der Waals surface area contributed by atoms with Crippen LogP contribution >= 0.6 is 35.1 Å². The molecule has 5 amide bonds. The molecule has 5 rings (SSSR count). The third-order valence-corrected chi connectivity index (χ3v) is 9.46. The van der Waals surface area contributed by atoms with Crippen LogP contribution in [0.4, 0.5) is 4.79 Å². The number of aromatic hydroxyl groups is 1. The van der Waals surface area contributed by atoms with Gasteiger partial charge in [-0.3, -0.25) is 19.3 Å². The van der Waals surface area contributed by atoms with Crippen LogP contribution in [0.15, 0.2) is 57.6 Å². The lowest BCUT2D eigenvalue weighted by molar-refractivity contribution is -0.151. The van der Waals surface area contributed by atoms with Crippen molar-refractivity contribution in [2.45, 2.75) is 22.6 Å². The van der Waals surface area contributed by atoms with Crippen LogP contribution in [0.5, 0.6) is 5.75 Å². The number of aliphatic carboxylic acids is 1. The summed E-state index contributed by atoms with van der Waals surface area (Å²) >= 11 is 8.56. The number of fused-ring (bicyclic) bond motifs is 1. The van der Waals surface area contributed by atoms with Crippen molar-refractivity contribution in [1.82, 2.24) is 40.6 Å². The SMILES string of the molecule is CNC(=O)N(C(=O)c1ccoc1)C(C(=O)NC1C(=O)N2C(C(=O)O)=C(CSc3nnnn3C)CS[C@@H]12)c1ccc(O)c(Cl)c1. The van der Waals surface area contributed by atoms with Crippen molar-refractivity contribution >= 4 is 64.8 Å². The second kappa shape index (κ2) is 12.6. The maximum Gasteiger partial charge on any atom is 0.352 e. The number of thioether (sulfide) groups is 2. The standard InChI is InChI=1S/C25H23ClN8O8S2/c1-27-24(41)34(20(37)12-5-6-42-8-12)17(11-3-4-15(35)14(26)7-11)19(36)28-16-21(38)33-18(23(39)40)13(9-43-22(16)33)10-44-25-29-30-31-32(25)2/h3-8,16-17,22,35H,9-10H2,1-2H3,(H,27,41)(H,28,36)(H,39,40)/t16?,17?,22-/m0/s1. The highest BCUT2D eigenvalue weighted by molar-refractivity contribution is 8.01. The molecular formula is C25H23ClN8O8S2. The fraction of sp³-hybridized carbons (Fsp3) is 0.280. The van der Waals surface area contributed by atoms with E-state index in [0.29, 0.717) is 15.6 Å². The fourth-order valence-electron chi connectivity index (χ4n) is 4.61. The lowest BCUT2D eigenvalue weighted by atomic mass is 9.99. The third kappa shape index (κ3) is 5.70. The lowest BCUT2D eigenvalue weighted by Crippen LogP contribution is -2.71. The van der Waals surface area contributed by atoms with E-state index in [0.717, 1.165) is 11.2 Å². The maximum absolute atomic E-state index is 13.9. The highest BCUT2D eigenvalue weighted by Crippen LogP contribution is 2.42. The van der Waals surface area contributed by atoms with Gasteiger partial charge in [-0.1, -0.05) is 29.4 Å². The Morgan fingerprint density at radius 2 is 2.07 bits per heavy atom. The number of carbonyl (C=O) groups is 5. The van der Waals surface area contributed by atoms with Crippen molar-refractivity contribution in [3.63, 3.8) is 0 Å². The number of carboxylic acids is 1. The Labute approximate surface area is 261 Å². The van der Waals surface area contributed by atoms with Crippen molar-refractivity contribution < 1.29 is 38.6 Å². The smallest absolute Gasteiger partial charge is 0.352 e. The number of carboxylic acid groups (broad SMARTS) is 1. The first-order valence-electron chi connectivity index (χ1n) is 12.6. The van der Waals surface area contributed by atoms with E-state index in [1.54, 1.807) is 7.05 Å². The molecule has 3 atom stereocenters. The van der Waals surface area contributed by atoms with E-state index in [1.165, 1.54) is 65.8 Å². The highest BCUT2D eigenvalue weighted by Gasteiger charge is 2.55. The number of carbonyl (C=O) groups excluding carboxylic acids is 4. The maximum atomic E-state index is 13.9. The summed E-state index contributed by atoms with van der Waals surface area (Å²) in [7, 11) is 2.90. The van der Waals surface area contributed by atoms with E-state index < -0.39 is 47.2 Å². The van der Waals surface area contributed by atoms with Gasteiger partial charge in [-0.05, 0) is 39.8 Å². The average molecular weight is 663 g/mol. The molecule has 0 spiro atoms. The topological polar surface area (TPSA) is 213 Å². The van der Waals surface area contributed by atoms with Crippen LogP contribution in [-0.4, -0.2) is 99.9 Å². The third-order valence-electron chi connectivity index (χ3n) is 6.72. The number of tetrazole rings is 1. The number of nitrogens with zero attached hydrogens (tertiary/aromatic N) is 6. The number of aryl methyl sites for hydroxylation is 1. The molecule has 2 unspecified atom stereocenters. The Balaban J connectivity index is 1.43. The molecule has 2 aromatic heterocycles. The number of β-lactam (4-membered cyclic amide) rings is 1. The molecule has 19 heteroatoms. The normalized spacial score (nSPS) is 18.2. The van der Waals surface area contributed by atoms with Crippen LogP contribution in [0.2, 0.25) is 5.02 Å². The molecule has 16 nitrogen and oxygen atoms in total. The van der Waals surface area contributed by atoms with Crippen LogP contribution in [0.1, 0.15) is 22.0 Å². The van der Waals surface area contributed by atoms with Gasteiger partial charge in [0.25, 0.3) is 11.8 Å². The zero-order valence-electron chi connectivity index (χ0n) is 22.8. The quantitative estimate of drug-likeness (QED) is 0.188. The number of phenolic OH excluding ortho intramolecular Hbond substituents is 1. The summed E-state index contributed by atoms with van der Waals surface area (Å²) in [5, 5.41) is 35.6. The predicted octanol–water partition coefficient (Wildman–Crippen LogP) is 1.22. The molecule has 2 aliphatic heterocycles. The molecule has 1 aromatic carbocycles. The van der Waals surface area contributed by atoms with E-state index in [-0.39, 0.29) is 39.1 Å². The Morgan fingerprint density at radius 1 is 1.30 bits per heavy atom. The van der Waals surface area contributed by atoms with Gasteiger partial charge in [-0.15, -0.1) is 16.9 Å². The summed E-state index contributed by atoms with van der Waals surface area (Å²) < 4.78 is 6.41. The Hall–Kier alpha value is -4.55. The van der Waals surface area contributed by atoms with Crippen LogP contribution in [0.3, 0.4) is 0 Å². The van der Waals surface area contributed by atoms with Crippen molar-refractivity contribution in [1.29, 1.82) is 0 Å². The molecule has 44 heavy (non-hydrogen) atoms.